The smallest absolute Gasteiger partial charge is 0.0510 e. The van der Waals surface area contributed by atoms with Crippen LogP contribution in [0.15, 0.2) is 42.6 Å². The quantitative estimate of drug-likeness (QED) is 0.924. The normalized spacial score (nSPS) is 19.4. The van der Waals surface area contributed by atoms with Gasteiger partial charge >= 0.3 is 0 Å². The van der Waals surface area contributed by atoms with E-state index in [-0.39, 0.29) is 6.04 Å². The summed E-state index contributed by atoms with van der Waals surface area (Å²) >= 11 is 0. The number of pyridine rings is 1. The monoisotopic (exact) mass is 266 g/mol. The van der Waals surface area contributed by atoms with Gasteiger partial charge < -0.3 is 5.73 Å². The first-order valence-corrected chi connectivity index (χ1v) is 7.52. The molecule has 2 unspecified atom stereocenters. The minimum atomic E-state index is 0.220. The summed E-state index contributed by atoms with van der Waals surface area (Å²) in [5.74, 6) is 0.462. The van der Waals surface area contributed by atoms with Crippen LogP contribution in [0, 0.1) is 0 Å². The average Bonchev–Trinajstić information content (AvgIpc) is 2.47. The molecule has 0 amide bonds. The van der Waals surface area contributed by atoms with E-state index in [1.807, 2.05) is 12.3 Å². The van der Waals surface area contributed by atoms with Gasteiger partial charge in [-0.3, -0.25) is 4.98 Å². The maximum absolute atomic E-state index is 5.86. The summed E-state index contributed by atoms with van der Waals surface area (Å²) in [5.41, 5.74) is 11.3. The van der Waals surface area contributed by atoms with Gasteiger partial charge in [0, 0.05) is 18.2 Å². The largest absolute Gasteiger partial charge is 0.328 e. The minimum absolute atomic E-state index is 0.220. The Morgan fingerprint density at radius 1 is 1.25 bits per heavy atom. The van der Waals surface area contributed by atoms with Crippen LogP contribution in [0.5, 0.6) is 0 Å². The fraction of sp³-hybridized carbons (Fsp3) is 0.389. The van der Waals surface area contributed by atoms with E-state index in [9.17, 15) is 0 Å². The molecule has 1 aromatic carbocycles. The van der Waals surface area contributed by atoms with Crippen molar-refractivity contribution in [3.8, 4) is 0 Å². The van der Waals surface area contributed by atoms with Gasteiger partial charge in [-0.15, -0.1) is 0 Å². The Labute approximate surface area is 121 Å². The van der Waals surface area contributed by atoms with E-state index in [4.69, 9.17) is 5.73 Å². The van der Waals surface area contributed by atoms with Crippen molar-refractivity contribution in [3.63, 3.8) is 0 Å². The zero-order chi connectivity index (χ0) is 13.9. The Morgan fingerprint density at radius 3 is 2.80 bits per heavy atom. The van der Waals surface area contributed by atoms with Gasteiger partial charge in [0.05, 0.1) is 5.69 Å². The fourth-order valence-electron chi connectivity index (χ4n) is 3.19. The number of hydrogen-bond acceptors (Lipinski definition) is 2. The predicted molar refractivity (Wildman–Crippen MR) is 82.8 cm³/mol. The zero-order valence-corrected chi connectivity index (χ0v) is 12.0. The molecule has 1 aliphatic rings. The summed E-state index contributed by atoms with van der Waals surface area (Å²) in [6.45, 7) is 2.05. The van der Waals surface area contributed by atoms with Gasteiger partial charge in [-0.1, -0.05) is 30.3 Å². The molecule has 0 saturated heterocycles. The lowest BCUT2D eigenvalue weighted by molar-refractivity contribution is 0.598. The van der Waals surface area contributed by atoms with Crippen molar-refractivity contribution in [2.24, 2.45) is 5.73 Å². The topological polar surface area (TPSA) is 38.9 Å². The van der Waals surface area contributed by atoms with Crippen molar-refractivity contribution in [2.75, 3.05) is 0 Å². The van der Waals surface area contributed by atoms with Gasteiger partial charge in [-0.25, -0.2) is 0 Å². The van der Waals surface area contributed by atoms with Crippen LogP contribution >= 0.6 is 0 Å². The molecule has 0 aliphatic heterocycles. The second kappa shape index (κ2) is 5.76. The molecule has 0 bridgehead atoms. The Bertz CT molecular complexity index is 572. The molecule has 0 radical (unpaired) electrons. The van der Waals surface area contributed by atoms with Crippen molar-refractivity contribution in [1.29, 1.82) is 0 Å². The van der Waals surface area contributed by atoms with E-state index >= 15 is 0 Å². The lowest BCUT2D eigenvalue weighted by Crippen LogP contribution is -2.17. The summed E-state index contributed by atoms with van der Waals surface area (Å²) in [7, 11) is 0. The number of aryl methyl sites for hydroxylation is 1. The SMILES string of the molecule is CC(N)Cc1ccc(C2CCCc3cccnc32)cc1. The third-order valence-corrected chi connectivity index (χ3v) is 4.13. The molecule has 1 aliphatic carbocycles. The molecule has 0 saturated carbocycles. The molecule has 2 heteroatoms. The van der Waals surface area contributed by atoms with E-state index in [1.165, 1.54) is 41.6 Å². The Balaban J connectivity index is 1.87. The van der Waals surface area contributed by atoms with Gasteiger partial charge in [0.15, 0.2) is 0 Å². The molecule has 2 aromatic rings. The second-order valence-electron chi connectivity index (χ2n) is 5.92. The van der Waals surface area contributed by atoms with Crippen LogP contribution in [0.1, 0.15) is 48.1 Å². The van der Waals surface area contributed by atoms with Crippen LogP contribution in [-0.2, 0) is 12.8 Å². The summed E-state index contributed by atoms with van der Waals surface area (Å²) < 4.78 is 0. The molecule has 0 fully saturated rings. The lowest BCUT2D eigenvalue weighted by Gasteiger charge is -2.24. The summed E-state index contributed by atoms with van der Waals surface area (Å²) in [5, 5.41) is 0. The Morgan fingerprint density at radius 2 is 2.05 bits per heavy atom. The predicted octanol–water partition coefficient (Wildman–Crippen LogP) is 3.44. The standard InChI is InChI=1S/C18H22N2/c1-13(19)12-14-7-9-15(10-8-14)17-6-2-4-16-5-3-11-20-18(16)17/h3,5,7-11,13,17H,2,4,6,12,19H2,1H3. The number of aromatic nitrogens is 1. The molecule has 2 atom stereocenters. The van der Waals surface area contributed by atoms with Crippen LogP contribution in [0.25, 0.3) is 0 Å². The second-order valence-corrected chi connectivity index (χ2v) is 5.92. The van der Waals surface area contributed by atoms with Gasteiger partial charge in [0.25, 0.3) is 0 Å². The Kier molecular flexibility index (Phi) is 3.83. The van der Waals surface area contributed by atoms with Crippen molar-refractivity contribution in [2.45, 2.75) is 44.6 Å². The number of fused-ring (bicyclic) bond motifs is 1. The Hall–Kier alpha value is -1.67. The van der Waals surface area contributed by atoms with Gasteiger partial charge in [-0.05, 0) is 55.4 Å². The summed E-state index contributed by atoms with van der Waals surface area (Å²) in [4.78, 5) is 4.63. The summed E-state index contributed by atoms with van der Waals surface area (Å²) in [6.07, 6.45) is 6.49. The number of hydrogen-bond donors (Lipinski definition) is 1. The van der Waals surface area contributed by atoms with Crippen molar-refractivity contribution in [3.05, 3.63) is 65.0 Å². The van der Waals surface area contributed by atoms with E-state index in [2.05, 4.69) is 42.2 Å². The maximum Gasteiger partial charge on any atom is 0.0510 e. The number of rotatable bonds is 3. The van der Waals surface area contributed by atoms with Crippen LogP contribution in [0.3, 0.4) is 0 Å². The molecule has 2 N–H and O–H groups in total. The van der Waals surface area contributed by atoms with Crippen molar-refractivity contribution >= 4 is 0 Å². The molecular formula is C18H22N2. The molecule has 104 valence electrons. The lowest BCUT2D eigenvalue weighted by atomic mass is 9.82. The number of nitrogens with two attached hydrogens (primary N) is 1. The fourth-order valence-corrected chi connectivity index (χ4v) is 3.19. The van der Waals surface area contributed by atoms with E-state index < -0.39 is 0 Å². The highest BCUT2D eigenvalue weighted by atomic mass is 14.7. The first-order chi connectivity index (χ1) is 9.74. The minimum Gasteiger partial charge on any atom is -0.328 e. The van der Waals surface area contributed by atoms with Crippen LogP contribution in [0.2, 0.25) is 0 Å². The van der Waals surface area contributed by atoms with E-state index in [1.54, 1.807) is 0 Å². The third kappa shape index (κ3) is 2.75. The van der Waals surface area contributed by atoms with Gasteiger partial charge in [0.1, 0.15) is 0 Å². The van der Waals surface area contributed by atoms with Gasteiger partial charge in [-0.2, -0.15) is 0 Å². The molecule has 20 heavy (non-hydrogen) atoms. The van der Waals surface area contributed by atoms with Gasteiger partial charge in [0.2, 0.25) is 0 Å². The van der Waals surface area contributed by atoms with Crippen molar-refractivity contribution < 1.29 is 0 Å². The van der Waals surface area contributed by atoms with Crippen LogP contribution < -0.4 is 5.73 Å². The molecule has 2 nitrogen and oxygen atoms in total. The van der Waals surface area contributed by atoms with Crippen LogP contribution in [0.4, 0.5) is 0 Å². The maximum atomic E-state index is 5.86. The molecule has 0 spiro atoms. The number of benzene rings is 1. The van der Waals surface area contributed by atoms with Crippen molar-refractivity contribution in [1.82, 2.24) is 4.98 Å². The third-order valence-electron chi connectivity index (χ3n) is 4.13. The molecule has 3 rings (SSSR count). The highest BCUT2D eigenvalue weighted by Crippen LogP contribution is 2.35. The first kappa shape index (κ1) is 13.3. The number of nitrogens with zero attached hydrogens (tertiary/aromatic N) is 1. The molecule has 1 aromatic heterocycles. The zero-order valence-electron chi connectivity index (χ0n) is 12.0. The first-order valence-electron chi connectivity index (χ1n) is 7.52. The van der Waals surface area contributed by atoms with Crippen LogP contribution in [-0.4, -0.2) is 11.0 Å². The highest BCUT2D eigenvalue weighted by molar-refractivity contribution is 5.36. The highest BCUT2D eigenvalue weighted by Gasteiger charge is 2.22. The molecular weight excluding hydrogens is 244 g/mol. The molecule has 1 heterocycles. The van der Waals surface area contributed by atoms with E-state index in [0.717, 1.165) is 6.42 Å². The summed E-state index contributed by atoms with van der Waals surface area (Å²) in [6, 6.07) is 13.4. The van der Waals surface area contributed by atoms with E-state index in [0.29, 0.717) is 5.92 Å². The average molecular weight is 266 g/mol.